The lowest BCUT2D eigenvalue weighted by Crippen LogP contribution is -2.53. The van der Waals surface area contributed by atoms with Crippen LogP contribution in [0.3, 0.4) is 0 Å². The molecule has 17 heavy (non-hydrogen) atoms. The van der Waals surface area contributed by atoms with Crippen LogP contribution in [-0.4, -0.2) is 24.0 Å². The average Bonchev–Trinajstić information content (AvgIpc) is 2.06. The third kappa shape index (κ3) is 2.64. The van der Waals surface area contributed by atoms with Gasteiger partial charge in [0.1, 0.15) is 0 Å². The maximum atomic E-state index is 12.3. The van der Waals surface area contributed by atoms with E-state index in [4.69, 9.17) is 0 Å². The maximum absolute atomic E-state index is 12.3. The summed E-state index contributed by atoms with van der Waals surface area (Å²) in [6.45, 7) is 14.8. The second-order valence-corrected chi connectivity index (χ2v) is 6.98. The van der Waals surface area contributed by atoms with E-state index in [1.54, 1.807) is 0 Å². The Kier molecular flexibility index (Phi) is 3.34. The van der Waals surface area contributed by atoms with Gasteiger partial charge < -0.3 is 10.2 Å². The minimum absolute atomic E-state index is 0.0244. The lowest BCUT2D eigenvalue weighted by atomic mass is 9.76. The molecule has 3 heteroatoms. The van der Waals surface area contributed by atoms with Gasteiger partial charge in [-0.05, 0) is 12.3 Å². The van der Waals surface area contributed by atoms with Crippen molar-refractivity contribution in [1.29, 1.82) is 0 Å². The van der Waals surface area contributed by atoms with Crippen molar-refractivity contribution >= 4 is 5.91 Å². The molecule has 0 saturated carbocycles. The van der Waals surface area contributed by atoms with E-state index >= 15 is 0 Å². The van der Waals surface area contributed by atoms with Gasteiger partial charge in [-0.15, -0.1) is 0 Å². The van der Waals surface area contributed by atoms with Gasteiger partial charge in [0.05, 0.1) is 6.17 Å². The summed E-state index contributed by atoms with van der Waals surface area (Å²) in [5, 5.41) is 3.02. The van der Waals surface area contributed by atoms with Crippen LogP contribution in [0.2, 0.25) is 0 Å². The molecule has 1 N–H and O–H groups in total. The first-order valence-corrected chi connectivity index (χ1v) is 6.25. The summed E-state index contributed by atoms with van der Waals surface area (Å²) < 4.78 is 0. The summed E-state index contributed by atoms with van der Waals surface area (Å²) in [4.78, 5) is 14.4. The van der Waals surface area contributed by atoms with E-state index in [0.717, 1.165) is 11.3 Å². The zero-order valence-corrected chi connectivity index (χ0v) is 12.4. The first-order valence-electron chi connectivity index (χ1n) is 6.25. The Balaban J connectivity index is 3.48. The normalized spacial score (nSPS) is 22.9. The zero-order valence-electron chi connectivity index (χ0n) is 12.4. The molecule has 1 aliphatic rings. The van der Waals surface area contributed by atoms with Gasteiger partial charge in [0, 0.05) is 23.7 Å². The van der Waals surface area contributed by atoms with E-state index in [-0.39, 0.29) is 22.9 Å². The van der Waals surface area contributed by atoms with Crippen molar-refractivity contribution in [3.05, 3.63) is 11.3 Å². The summed E-state index contributed by atoms with van der Waals surface area (Å²) in [6.07, 6.45) is 0.0582. The van der Waals surface area contributed by atoms with Crippen LogP contribution >= 0.6 is 0 Å². The number of carbonyl (C=O) groups is 1. The summed E-state index contributed by atoms with van der Waals surface area (Å²) in [5.74, 6) is 0.0769. The zero-order chi connectivity index (χ0) is 13.6. The molecule has 0 aromatic rings. The molecular formula is C14H26N2O. The van der Waals surface area contributed by atoms with Crippen LogP contribution in [0.25, 0.3) is 0 Å². The molecule has 0 fully saturated rings. The number of allylic oxidation sites excluding steroid dienone is 1. The fourth-order valence-corrected chi connectivity index (χ4v) is 2.44. The SMILES string of the molecule is CC1NC(=O)C(C(C)(C)C)=C(C(C)(C)C)N1C. The molecular weight excluding hydrogens is 212 g/mol. The first-order chi connectivity index (χ1) is 7.46. The summed E-state index contributed by atoms with van der Waals surface area (Å²) in [5.41, 5.74) is 1.90. The summed E-state index contributed by atoms with van der Waals surface area (Å²) in [6, 6.07) is 0. The van der Waals surface area contributed by atoms with Crippen LogP contribution in [-0.2, 0) is 4.79 Å². The van der Waals surface area contributed by atoms with Crippen molar-refractivity contribution < 1.29 is 4.79 Å². The Hall–Kier alpha value is -0.990. The van der Waals surface area contributed by atoms with Crippen LogP contribution < -0.4 is 5.32 Å². The summed E-state index contributed by atoms with van der Waals surface area (Å²) in [7, 11) is 2.05. The third-order valence-electron chi connectivity index (χ3n) is 3.20. The first kappa shape index (κ1) is 14.1. The number of carbonyl (C=O) groups excluding carboxylic acids is 1. The Morgan fingerprint density at radius 3 is 1.88 bits per heavy atom. The summed E-state index contributed by atoms with van der Waals surface area (Å²) >= 11 is 0. The largest absolute Gasteiger partial charge is 0.357 e. The topological polar surface area (TPSA) is 32.3 Å². The Bertz CT molecular complexity index is 355. The van der Waals surface area contributed by atoms with Gasteiger partial charge in [-0.1, -0.05) is 41.5 Å². The van der Waals surface area contributed by atoms with Crippen molar-refractivity contribution in [1.82, 2.24) is 10.2 Å². The Labute approximate surface area is 105 Å². The second kappa shape index (κ2) is 4.04. The fraction of sp³-hybridized carbons (Fsp3) is 0.786. The monoisotopic (exact) mass is 238 g/mol. The highest BCUT2D eigenvalue weighted by Crippen LogP contribution is 2.40. The minimum Gasteiger partial charge on any atom is -0.357 e. The van der Waals surface area contributed by atoms with E-state index in [1.807, 2.05) is 6.92 Å². The number of rotatable bonds is 0. The van der Waals surface area contributed by atoms with E-state index in [2.05, 4.69) is 58.8 Å². The molecule has 98 valence electrons. The number of nitrogens with one attached hydrogen (secondary N) is 1. The molecule has 1 unspecified atom stereocenters. The van der Waals surface area contributed by atoms with Crippen molar-refractivity contribution in [2.75, 3.05) is 7.05 Å². The van der Waals surface area contributed by atoms with Crippen LogP contribution in [0.4, 0.5) is 0 Å². The quantitative estimate of drug-likeness (QED) is 0.704. The van der Waals surface area contributed by atoms with Crippen LogP contribution in [0.1, 0.15) is 48.5 Å². The number of hydrogen-bond donors (Lipinski definition) is 1. The van der Waals surface area contributed by atoms with Gasteiger partial charge in [0.2, 0.25) is 0 Å². The smallest absolute Gasteiger partial charge is 0.251 e. The average molecular weight is 238 g/mol. The van der Waals surface area contributed by atoms with E-state index in [0.29, 0.717) is 0 Å². The van der Waals surface area contributed by atoms with Crippen molar-refractivity contribution in [3.63, 3.8) is 0 Å². The number of nitrogens with zero attached hydrogens (tertiary/aromatic N) is 1. The van der Waals surface area contributed by atoms with Gasteiger partial charge in [0.25, 0.3) is 5.91 Å². The fourth-order valence-electron chi connectivity index (χ4n) is 2.44. The standard InChI is InChI=1S/C14H26N2O/c1-9-15-12(17)10(13(2,3)4)11(16(9)8)14(5,6)7/h9H,1-8H3,(H,15,17). The lowest BCUT2D eigenvalue weighted by Gasteiger charge is -2.45. The van der Waals surface area contributed by atoms with E-state index < -0.39 is 0 Å². The second-order valence-electron chi connectivity index (χ2n) is 6.98. The molecule has 0 radical (unpaired) electrons. The Morgan fingerprint density at radius 2 is 1.53 bits per heavy atom. The molecule has 1 aliphatic heterocycles. The molecule has 1 atom stereocenters. The molecule has 0 aromatic heterocycles. The molecule has 0 aliphatic carbocycles. The number of hydrogen-bond acceptors (Lipinski definition) is 2. The molecule has 0 aromatic carbocycles. The minimum atomic E-state index is -0.138. The van der Waals surface area contributed by atoms with Gasteiger partial charge in [-0.2, -0.15) is 0 Å². The molecule has 0 saturated heterocycles. The molecule has 0 spiro atoms. The van der Waals surface area contributed by atoms with Gasteiger partial charge in [-0.3, -0.25) is 4.79 Å². The highest BCUT2D eigenvalue weighted by molar-refractivity contribution is 5.96. The Morgan fingerprint density at radius 1 is 1.06 bits per heavy atom. The van der Waals surface area contributed by atoms with Gasteiger partial charge in [0.15, 0.2) is 0 Å². The van der Waals surface area contributed by atoms with E-state index in [9.17, 15) is 4.79 Å². The molecule has 1 heterocycles. The van der Waals surface area contributed by atoms with Crippen molar-refractivity contribution in [2.24, 2.45) is 10.8 Å². The highest BCUT2D eigenvalue weighted by atomic mass is 16.2. The van der Waals surface area contributed by atoms with Crippen LogP contribution in [0, 0.1) is 10.8 Å². The molecule has 1 rings (SSSR count). The maximum Gasteiger partial charge on any atom is 0.251 e. The lowest BCUT2D eigenvalue weighted by molar-refractivity contribution is -0.121. The molecule has 1 amide bonds. The third-order valence-corrected chi connectivity index (χ3v) is 3.20. The van der Waals surface area contributed by atoms with Crippen LogP contribution in [0.5, 0.6) is 0 Å². The number of amides is 1. The molecule has 0 bridgehead atoms. The molecule has 3 nitrogen and oxygen atoms in total. The van der Waals surface area contributed by atoms with Crippen LogP contribution in [0.15, 0.2) is 11.3 Å². The van der Waals surface area contributed by atoms with Gasteiger partial charge >= 0.3 is 0 Å². The predicted octanol–water partition coefficient (Wildman–Crippen LogP) is 2.74. The van der Waals surface area contributed by atoms with Gasteiger partial charge in [-0.25, -0.2) is 0 Å². The van der Waals surface area contributed by atoms with Crippen molar-refractivity contribution in [3.8, 4) is 0 Å². The van der Waals surface area contributed by atoms with E-state index in [1.165, 1.54) is 0 Å². The highest BCUT2D eigenvalue weighted by Gasteiger charge is 2.39. The predicted molar refractivity (Wildman–Crippen MR) is 71.3 cm³/mol. The van der Waals surface area contributed by atoms with Crippen molar-refractivity contribution in [2.45, 2.75) is 54.6 Å².